The van der Waals surface area contributed by atoms with Crippen LogP contribution < -0.4 is 0 Å². The maximum Gasteiger partial charge on any atom is 0 e. The zero-order valence-electron chi connectivity index (χ0n) is 2.62. The molecule has 0 aromatic heterocycles. The van der Waals surface area contributed by atoms with Crippen molar-refractivity contribution < 1.29 is 46.7 Å². The minimum absolute atomic E-state index is 0. The number of hydrogen-bond donors (Lipinski definition) is 0. The van der Waals surface area contributed by atoms with Crippen molar-refractivity contribution >= 4 is 18.9 Å². The first kappa shape index (κ1) is 39.3. The van der Waals surface area contributed by atoms with Gasteiger partial charge in [0.2, 0.25) is 0 Å². The molecule has 4 heteroatoms. The zero-order valence-corrected chi connectivity index (χ0v) is 7.14. The van der Waals surface area contributed by atoms with Crippen LogP contribution in [0.15, 0.2) is 0 Å². The molecule has 0 aliphatic rings. The van der Waals surface area contributed by atoms with Gasteiger partial charge < -0.3 is 0 Å². The second kappa shape index (κ2) is 20.7. The summed E-state index contributed by atoms with van der Waals surface area (Å²) < 4.78 is 0. The van der Waals surface area contributed by atoms with Crippen LogP contribution in [0, 0.1) is 0 Å². The molecule has 0 heterocycles. The van der Waals surface area contributed by atoms with Crippen molar-refractivity contribution in [2.24, 2.45) is 0 Å². The van der Waals surface area contributed by atoms with Gasteiger partial charge in [-0.3, -0.25) is 0 Å². The molecule has 0 aromatic carbocycles. The maximum atomic E-state index is 0. The molecular weight excluding hydrogens is 136 g/mol. The molecule has 0 bridgehead atoms. The van der Waals surface area contributed by atoms with E-state index in [0.717, 1.165) is 0 Å². The van der Waals surface area contributed by atoms with Crippen LogP contribution in [0.1, 0.15) is 0 Å². The predicted molar refractivity (Wildman–Crippen MR) is 6.44 cm³/mol. The van der Waals surface area contributed by atoms with Crippen LogP contribution in [0.5, 0.6) is 0 Å². The first-order chi connectivity index (χ1) is 0. The average molecular weight is 136 g/mol. The molecule has 0 amide bonds. The van der Waals surface area contributed by atoms with Gasteiger partial charge in [-0.25, -0.2) is 0 Å². The summed E-state index contributed by atoms with van der Waals surface area (Å²) in [5.41, 5.74) is 0. The van der Waals surface area contributed by atoms with Crippen LogP contribution in [0.2, 0.25) is 0 Å². The Morgan fingerprint density at radius 3 is 1.00 bits per heavy atom. The summed E-state index contributed by atoms with van der Waals surface area (Å²) in [6.45, 7) is 0. The Morgan fingerprint density at radius 2 is 1.00 bits per heavy atom. The molecule has 0 unspecified atom stereocenters. The number of hydrogen-bond acceptors (Lipinski definition) is 0. The van der Waals surface area contributed by atoms with E-state index < -0.39 is 0 Å². The average Bonchev–Trinajstić information content (AvgIpc) is 0. The maximum absolute atomic E-state index is 0. The SMILES string of the molecule is [Li].[O].[Ti].[Zn]. The zero-order chi connectivity index (χ0) is 0. The molecule has 4 heavy (non-hydrogen) atoms. The van der Waals surface area contributed by atoms with E-state index in [9.17, 15) is 0 Å². The second-order valence-electron chi connectivity index (χ2n) is 0. The minimum Gasteiger partial charge on any atom is 0 e. The normalized spacial score (nSPS) is 0. The Balaban J connectivity index is 0. The van der Waals surface area contributed by atoms with Crippen molar-refractivity contribution in [3.05, 3.63) is 0 Å². The fraction of sp³-hybridized carbons (Fsp3) is 0. The van der Waals surface area contributed by atoms with Crippen molar-refractivity contribution in [1.82, 2.24) is 0 Å². The van der Waals surface area contributed by atoms with E-state index in [1.807, 2.05) is 0 Å². The third kappa shape index (κ3) is 9.09. The van der Waals surface area contributed by atoms with E-state index in [1.54, 1.807) is 0 Å². The van der Waals surface area contributed by atoms with Gasteiger partial charge in [-0.05, 0) is 0 Å². The largest absolute Gasteiger partial charge is 0 e. The summed E-state index contributed by atoms with van der Waals surface area (Å²) in [6.07, 6.45) is 0. The first-order valence-corrected chi connectivity index (χ1v) is 0. The standard InChI is InChI=1S/Li.O.Ti.Zn. The van der Waals surface area contributed by atoms with Crippen molar-refractivity contribution in [3.8, 4) is 0 Å². The van der Waals surface area contributed by atoms with E-state index >= 15 is 0 Å². The molecule has 0 atom stereocenters. The molecule has 3 radical (unpaired) electrons. The Bertz CT molecular complexity index is 8.00. The molecule has 0 aliphatic heterocycles. The summed E-state index contributed by atoms with van der Waals surface area (Å²) in [5, 5.41) is 0. The molecule has 0 N–H and O–H groups in total. The monoisotopic (exact) mass is 135 g/mol. The van der Waals surface area contributed by atoms with Crippen molar-refractivity contribution in [3.63, 3.8) is 0 Å². The van der Waals surface area contributed by atoms with Crippen molar-refractivity contribution in [1.29, 1.82) is 0 Å². The van der Waals surface area contributed by atoms with Crippen LogP contribution in [-0.4, -0.2) is 18.9 Å². The molecule has 0 saturated carbocycles. The quantitative estimate of drug-likeness (QED) is 0.401. The van der Waals surface area contributed by atoms with Gasteiger partial charge in [0.05, 0.1) is 0 Å². The van der Waals surface area contributed by atoms with Crippen LogP contribution in [0.4, 0.5) is 0 Å². The Kier molecular flexibility index (Phi) is 203. The van der Waals surface area contributed by atoms with Gasteiger partial charge in [-0.2, -0.15) is 0 Å². The van der Waals surface area contributed by atoms with Crippen LogP contribution in [0.3, 0.4) is 0 Å². The summed E-state index contributed by atoms with van der Waals surface area (Å²) in [5.74, 6) is 0. The van der Waals surface area contributed by atoms with Crippen LogP contribution >= 0.6 is 0 Å². The summed E-state index contributed by atoms with van der Waals surface area (Å²) >= 11 is 0. The molecule has 13 valence electrons. The molecule has 0 spiro atoms. The van der Waals surface area contributed by atoms with E-state index in [4.69, 9.17) is 0 Å². The Labute approximate surface area is 65.0 Å². The fourth-order valence-corrected chi connectivity index (χ4v) is 0. The Hall–Kier alpha value is 1.90. The van der Waals surface area contributed by atoms with Gasteiger partial charge in [0, 0.05) is 65.5 Å². The van der Waals surface area contributed by atoms with Crippen molar-refractivity contribution in [2.45, 2.75) is 0 Å². The van der Waals surface area contributed by atoms with E-state index in [1.165, 1.54) is 0 Å². The summed E-state index contributed by atoms with van der Waals surface area (Å²) in [6, 6.07) is 0. The summed E-state index contributed by atoms with van der Waals surface area (Å²) in [7, 11) is 0. The van der Waals surface area contributed by atoms with Gasteiger partial charge in [0.25, 0.3) is 0 Å². The third-order valence-corrected chi connectivity index (χ3v) is 0. The van der Waals surface area contributed by atoms with Gasteiger partial charge in [-0.15, -0.1) is 0 Å². The van der Waals surface area contributed by atoms with Gasteiger partial charge in [-0.1, -0.05) is 0 Å². The van der Waals surface area contributed by atoms with Gasteiger partial charge >= 0.3 is 0 Å². The van der Waals surface area contributed by atoms with Crippen LogP contribution in [-0.2, 0) is 46.7 Å². The molecule has 0 fully saturated rings. The topological polar surface area (TPSA) is 28.5 Å². The molecule has 0 aromatic rings. The van der Waals surface area contributed by atoms with E-state index in [0.29, 0.717) is 0 Å². The minimum atomic E-state index is 0. The smallest absolute Gasteiger partial charge is 0 e. The third-order valence-electron chi connectivity index (χ3n) is 0. The second-order valence-corrected chi connectivity index (χ2v) is 0. The van der Waals surface area contributed by atoms with Crippen LogP contribution in [0.25, 0.3) is 0 Å². The Morgan fingerprint density at radius 1 is 1.00 bits per heavy atom. The molecule has 0 saturated heterocycles. The van der Waals surface area contributed by atoms with E-state index in [-0.39, 0.29) is 65.5 Å². The number of rotatable bonds is 0. The fourth-order valence-electron chi connectivity index (χ4n) is 0. The predicted octanol–water partition coefficient (Wildman–Crippen LogP) is -0.505. The molecule has 1 nitrogen and oxygen atoms in total. The first-order valence-electron chi connectivity index (χ1n) is 0. The van der Waals surface area contributed by atoms with Gasteiger partial charge in [0.15, 0.2) is 0 Å². The van der Waals surface area contributed by atoms with E-state index in [2.05, 4.69) is 0 Å². The van der Waals surface area contributed by atoms with Crippen molar-refractivity contribution in [2.75, 3.05) is 0 Å². The summed E-state index contributed by atoms with van der Waals surface area (Å²) in [4.78, 5) is 0. The molecular formula is LiOTiZn. The molecule has 0 rings (SSSR count). The van der Waals surface area contributed by atoms with Gasteiger partial charge in [0.1, 0.15) is 0 Å². The molecule has 0 aliphatic carbocycles.